The van der Waals surface area contributed by atoms with Crippen LogP contribution in [0.25, 0.3) is 5.84 Å². The van der Waals surface area contributed by atoms with E-state index < -0.39 is 5.97 Å². The molecule has 52 valence electrons. The summed E-state index contributed by atoms with van der Waals surface area (Å²) in [6, 6.07) is 0. The Bertz CT molecular complexity index is 68.3. The Morgan fingerprint density at radius 2 is 2.25 bits per heavy atom. The number of hydrogen-bond donors (Lipinski definition) is 2. The third-order valence-electron chi connectivity index (χ3n) is 0.464. The van der Waals surface area contributed by atoms with Gasteiger partial charge in [0, 0.05) is 0 Å². The first-order chi connectivity index (χ1) is 3.27. The maximum absolute atomic E-state index is 9.63. The molecule has 3 N–H and O–H groups in total. The van der Waals surface area contributed by atoms with Crippen molar-refractivity contribution in [3.8, 4) is 0 Å². The molecule has 0 fully saturated rings. The van der Waals surface area contributed by atoms with Crippen LogP contribution >= 0.6 is 0 Å². The van der Waals surface area contributed by atoms with E-state index in [2.05, 4.69) is 0 Å². The van der Waals surface area contributed by atoms with Crippen LogP contribution in [0.4, 0.5) is 0 Å². The van der Waals surface area contributed by atoms with Crippen LogP contribution in [0.15, 0.2) is 0 Å². The molecule has 0 atom stereocenters. The van der Waals surface area contributed by atoms with Crippen LogP contribution in [0.3, 0.4) is 0 Å². The molecular weight excluding hydrogens is 160 g/mol. The van der Waals surface area contributed by atoms with Crippen LogP contribution in [0, 0.1) is 0 Å². The van der Waals surface area contributed by atoms with Gasteiger partial charge in [-0.15, -0.1) is 0 Å². The number of carboxylic acid groups (broad SMARTS) is 1. The van der Waals surface area contributed by atoms with Crippen molar-refractivity contribution in [2.75, 3.05) is 6.54 Å². The molecule has 0 saturated carbocycles. The van der Waals surface area contributed by atoms with Gasteiger partial charge in [0.2, 0.25) is 0 Å². The molecule has 0 unspecified atom stereocenters. The molecule has 0 saturated heterocycles. The Morgan fingerprint density at radius 1 is 1.75 bits per heavy atom. The van der Waals surface area contributed by atoms with Crippen LogP contribution in [0.1, 0.15) is 6.42 Å². The summed E-state index contributed by atoms with van der Waals surface area (Å²) >= 11 is 0. The van der Waals surface area contributed by atoms with E-state index in [9.17, 15) is 4.79 Å². The Kier molecular flexibility index (Phi) is 9.34. The zero-order valence-electron chi connectivity index (χ0n) is 4.07. The van der Waals surface area contributed by atoms with Crippen molar-refractivity contribution in [3.63, 3.8) is 0 Å². The number of hydrogen-bond acceptors (Lipinski definition) is 2. The molecule has 0 rings (SSSR count). The van der Waals surface area contributed by atoms with E-state index in [1.807, 2.05) is 5.43 Å². The van der Waals surface area contributed by atoms with Gasteiger partial charge in [0.05, 0.1) is 6.42 Å². The molecule has 4 nitrogen and oxygen atoms in total. The molecule has 0 aliphatic rings. The van der Waals surface area contributed by atoms with Crippen molar-refractivity contribution in [2.24, 2.45) is 0 Å². The van der Waals surface area contributed by atoms with E-state index in [0.717, 1.165) is 0 Å². The van der Waals surface area contributed by atoms with Gasteiger partial charge >= 0.3 is 23.0 Å². The van der Waals surface area contributed by atoms with Gasteiger partial charge < -0.3 is 16.4 Å². The second-order valence-corrected chi connectivity index (χ2v) is 1.07. The fourth-order valence-corrected chi connectivity index (χ4v) is 0.169. The van der Waals surface area contributed by atoms with E-state index in [-0.39, 0.29) is 30.0 Å². The summed E-state index contributed by atoms with van der Waals surface area (Å²) in [7, 11) is 0. The SMILES string of the molecule is [Cu+].[NH-]NCCC(=O)O. The van der Waals surface area contributed by atoms with Crippen molar-refractivity contribution < 1.29 is 27.0 Å². The molecule has 8 heavy (non-hydrogen) atoms. The predicted molar refractivity (Wildman–Crippen MR) is 24.6 cm³/mol. The molecule has 0 spiro atoms. The maximum atomic E-state index is 9.63. The smallest absolute Gasteiger partial charge is 0.612 e. The second-order valence-electron chi connectivity index (χ2n) is 1.07. The summed E-state index contributed by atoms with van der Waals surface area (Å²) in [5, 5.41) is 7.92. The van der Waals surface area contributed by atoms with Gasteiger partial charge in [0.25, 0.3) is 0 Å². The summed E-state index contributed by atoms with van der Waals surface area (Å²) in [5.74, 6) is 5.41. The summed E-state index contributed by atoms with van der Waals surface area (Å²) in [6.45, 7) is 0.218. The quantitative estimate of drug-likeness (QED) is 0.459. The van der Waals surface area contributed by atoms with Crippen LogP contribution in [0.5, 0.6) is 0 Å². The molecule has 0 aliphatic carbocycles. The van der Waals surface area contributed by atoms with Gasteiger partial charge in [-0.2, -0.15) is 0 Å². The Labute approximate surface area is 57.9 Å². The van der Waals surface area contributed by atoms with E-state index in [0.29, 0.717) is 0 Å². The summed E-state index contributed by atoms with van der Waals surface area (Å²) in [6.07, 6.45) is 0.0174. The summed E-state index contributed by atoms with van der Waals surface area (Å²) in [4.78, 5) is 9.63. The second kappa shape index (κ2) is 6.91. The van der Waals surface area contributed by atoms with Gasteiger partial charge in [0.1, 0.15) is 0 Å². The molecule has 0 amide bonds. The van der Waals surface area contributed by atoms with Crippen LogP contribution in [-0.4, -0.2) is 17.6 Å². The third kappa shape index (κ3) is 9.32. The third-order valence-corrected chi connectivity index (χ3v) is 0.464. The Morgan fingerprint density at radius 3 is 2.38 bits per heavy atom. The standard InChI is InChI=1S/C3H7N2O2.Cu/c4-5-2-1-3(6)7;/h4-5H,1-2H2,(H,6,7);/q-1;+1. The predicted octanol–water partition coefficient (Wildman–Crippen LogP) is 0.0154. The largest absolute Gasteiger partial charge is 1.00 e. The number of nitrogens with one attached hydrogen (secondary N) is 2. The molecule has 0 bridgehead atoms. The fraction of sp³-hybridized carbons (Fsp3) is 0.667. The van der Waals surface area contributed by atoms with E-state index >= 15 is 0 Å². The first kappa shape index (κ1) is 10.8. The van der Waals surface area contributed by atoms with E-state index in [1.54, 1.807) is 0 Å². The molecular formula is C3H7CuN2O2. The molecule has 0 heterocycles. The molecule has 0 aromatic carbocycles. The minimum Gasteiger partial charge on any atom is -0.612 e. The van der Waals surface area contributed by atoms with Gasteiger partial charge in [-0.05, 0) is 6.54 Å². The van der Waals surface area contributed by atoms with Gasteiger partial charge in [-0.25, -0.2) is 0 Å². The number of carbonyl (C=O) groups is 1. The monoisotopic (exact) mass is 166 g/mol. The van der Waals surface area contributed by atoms with Crippen molar-refractivity contribution >= 4 is 5.97 Å². The Balaban J connectivity index is 0. The van der Waals surface area contributed by atoms with Gasteiger partial charge in [-0.3, -0.25) is 4.79 Å². The van der Waals surface area contributed by atoms with E-state index in [4.69, 9.17) is 10.9 Å². The van der Waals surface area contributed by atoms with Crippen molar-refractivity contribution in [2.45, 2.75) is 6.42 Å². The van der Waals surface area contributed by atoms with Crippen molar-refractivity contribution in [3.05, 3.63) is 5.84 Å². The van der Waals surface area contributed by atoms with Crippen LogP contribution in [-0.2, 0) is 21.9 Å². The molecule has 0 aliphatic heterocycles. The van der Waals surface area contributed by atoms with E-state index in [1.165, 1.54) is 0 Å². The van der Waals surface area contributed by atoms with Crippen molar-refractivity contribution in [1.29, 1.82) is 0 Å². The number of aliphatic carboxylic acids is 1. The topological polar surface area (TPSA) is 73.1 Å². The average Bonchev–Trinajstić information content (AvgIpc) is 1.61. The van der Waals surface area contributed by atoms with Crippen LogP contribution < -0.4 is 5.43 Å². The zero-order chi connectivity index (χ0) is 5.70. The minimum absolute atomic E-state index is 0. The number of carboxylic acids is 1. The van der Waals surface area contributed by atoms with Crippen molar-refractivity contribution in [1.82, 2.24) is 5.43 Å². The maximum Gasteiger partial charge on any atom is 1.00 e. The van der Waals surface area contributed by atoms with Crippen LogP contribution in [0.2, 0.25) is 0 Å². The first-order valence-corrected chi connectivity index (χ1v) is 1.88. The molecule has 0 radical (unpaired) electrons. The Hall–Kier alpha value is -0.0905. The molecule has 0 aromatic rings. The summed E-state index contributed by atoms with van der Waals surface area (Å²) in [5.41, 5.74) is 1.97. The normalized spacial score (nSPS) is 7.62. The molecule has 5 heteroatoms. The molecule has 0 aromatic heterocycles. The zero-order valence-corrected chi connectivity index (χ0v) is 5.01. The summed E-state index contributed by atoms with van der Waals surface area (Å²) < 4.78 is 0. The van der Waals surface area contributed by atoms with Gasteiger partial charge in [-0.1, -0.05) is 0 Å². The van der Waals surface area contributed by atoms with Gasteiger partial charge in [0.15, 0.2) is 0 Å². The number of rotatable bonds is 3. The fourth-order valence-electron chi connectivity index (χ4n) is 0.169. The minimum atomic E-state index is -0.875. The average molecular weight is 167 g/mol. The first-order valence-electron chi connectivity index (χ1n) is 1.88.